The molecule has 4 nitrogen and oxygen atoms in total. The van der Waals surface area contributed by atoms with Gasteiger partial charge in [-0.2, -0.15) is 0 Å². The highest BCUT2D eigenvalue weighted by Gasteiger charge is 2.27. The van der Waals surface area contributed by atoms with Crippen LogP contribution in [0.4, 0.5) is 4.79 Å². The lowest BCUT2D eigenvalue weighted by Crippen LogP contribution is -2.36. The number of nitrogens with one attached hydrogen (secondary N) is 1. The highest BCUT2D eigenvalue weighted by molar-refractivity contribution is 7.10. The summed E-state index contributed by atoms with van der Waals surface area (Å²) >= 11 is 1.81. The Labute approximate surface area is 131 Å². The Morgan fingerprint density at radius 1 is 1.57 bits per heavy atom. The van der Waals surface area contributed by atoms with Gasteiger partial charge >= 0.3 is 6.09 Å². The third-order valence-corrected chi connectivity index (χ3v) is 4.80. The fourth-order valence-electron chi connectivity index (χ4n) is 2.63. The van der Waals surface area contributed by atoms with Crippen molar-refractivity contribution in [1.82, 2.24) is 10.2 Å². The second-order valence-corrected chi connectivity index (χ2v) is 7.70. The van der Waals surface area contributed by atoms with Crippen LogP contribution in [0.2, 0.25) is 0 Å². The summed E-state index contributed by atoms with van der Waals surface area (Å²) < 4.78 is 5.27. The van der Waals surface area contributed by atoms with Gasteiger partial charge < -0.3 is 10.1 Å². The maximum atomic E-state index is 11.7. The van der Waals surface area contributed by atoms with E-state index in [9.17, 15) is 4.79 Å². The number of carbonyl (C=O) groups is 1. The van der Waals surface area contributed by atoms with Crippen molar-refractivity contribution < 1.29 is 9.53 Å². The molecule has 5 heteroatoms. The Balaban J connectivity index is 1.74. The largest absolute Gasteiger partial charge is 0.444 e. The average Bonchev–Trinajstić information content (AvgIpc) is 3.05. The number of thiophene rings is 1. The molecule has 1 aromatic heterocycles. The van der Waals surface area contributed by atoms with E-state index < -0.39 is 5.60 Å². The first-order chi connectivity index (χ1) is 9.85. The third-order valence-electron chi connectivity index (χ3n) is 3.75. The number of amides is 1. The van der Waals surface area contributed by atoms with Gasteiger partial charge in [-0.25, -0.2) is 4.79 Å². The molecule has 1 aliphatic rings. The monoisotopic (exact) mass is 310 g/mol. The Bertz CT molecular complexity index is 453. The molecule has 0 saturated carbocycles. The van der Waals surface area contributed by atoms with Crippen LogP contribution in [0.5, 0.6) is 0 Å². The Morgan fingerprint density at radius 2 is 2.33 bits per heavy atom. The van der Waals surface area contributed by atoms with Crippen molar-refractivity contribution >= 4 is 17.4 Å². The molecule has 1 fully saturated rings. The van der Waals surface area contributed by atoms with Gasteiger partial charge in [0.2, 0.25) is 0 Å². The number of likely N-dealkylation sites (tertiary alicyclic amines) is 1. The molecule has 0 radical (unpaired) electrons. The molecule has 1 amide bonds. The van der Waals surface area contributed by atoms with E-state index in [1.165, 1.54) is 4.88 Å². The van der Waals surface area contributed by atoms with Gasteiger partial charge in [0, 0.05) is 24.0 Å². The molecule has 0 aromatic carbocycles. The zero-order valence-electron chi connectivity index (χ0n) is 13.4. The van der Waals surface area contributed by atoms with Gasteiger partial charge in [0.1, 0.15) is 5.60 Å². The molecule has 118 valence electrons. The Kier molecular flexibility index (Phi) is 5.27. The van der Waals surface area contributed by atoms with Gasteiger partial charge in [-0.05, 0) is 58.0 Å². The Morgan fingerprint density at radius 3 is 2.95 bits per heavy atom. The molecule has 0 aliphatic carbocycles. The van der Waals surface area contributed by atoms with Gasteiger partial charge in [-0.3, -0.25) is 4.90 Å². The van der Waals surface area contributed by atoms with Crippen LogP contribution >= 0.6 is 11.3 Å². The summed E-state index contributed by atoms with van der Waals surface area (Å²) in [6.45, 7) is 10.7. The van der Waals surface area contributed by atoms with E-state index in [0.29, 0.717) is 18.5 Å². The highest BCUT2D eigenvalue weighted by Crippen LogP contribution is 2.29. The van der Waals surface area contributed by atoms with Crippen LogP contribution in [0.15, 0.2) is 17.5 Å². The minimum absolute atomic E-state index is 0.313. The van der Waals surface area contributed by atoms with Gasteiger partial charge in [0.25, 0.3) is 0 Å². The summed E-state index contributed by atoms with van der Waals surface area (Å²) in [5.41, 5.74) is -0.431. The maximum absolute atomic E-state index is 11.7. The van der Waals surface area contributed by atoms with Crippen LogP contribution in [0.1, 0.15) is 45.0 Å². The van der Waals surface area contributed by atoms with E-state index in [4.69, 9.17) is 4.74 Å². The lowest BCUT2D eigenvalue weighted by Gasteiger charge is -2.24. The number of nitrogens with zero attached hydrogens (tertiary/aromatic N) is 1. The first-order valence-electron chi connectivity index (χ1n) is 7.59. The average molecular weight is 310 g/mol. The first-order valence-corrected chi connectivity index (χ1v) is 8.47. The number of rotatable bonds is 4. The first kappa shape index (κ1) is 16.3. The molecule has 1 N–H and O–H groups in total. The molecule has 2 atom stereocenters. The van der Waals surface area contributed by atoms with Gasteiger partial charge in [-0.1, -0.05) is 6.07 Å². The predicted octanol–water partition coefficient (Wildman–Crippen LogP) is 3.66. The molecule has 2 heterocycles. The van der Waals surface area contributed by atoms with Crippen LogP contribution in [-0.2, 0) is 4.74 Å². The molecular formula is C16H26N2O2S. The van der Waals surface area contributed by atoms with E-state index in [0.717, 1.165) is 19.5 Å². The summed E-state index contributed by atoms with van der Waals surface area (Å²) in [5.74, 6) is 0.514. The van der Waals surface area contributed by atoms with Crippen molar-refractivity contribution in [1.29, 1.82) is 0 Å². The SMILES string of the molecule is C[C@H](c1cccs1)N1CC[C@H](CNC(=O)OC(C)(C)C)C1. The fraction of sp³-hybridized carbons (Fsp3) is 0.688. The molecule has 1 aromatic rings. The number of hydrogen-bond acceptors (Lipinski definition) is 4. The van der Waals surface area contributed by atoms with Crippen molar-refractivity contribution in [2.24, 2.45) is 5.92 Å². The van der Waals surface area contributed by atoms with Crippen LogP contribution in [0.3, 0.4) is 0 Å². The summed E-state index contributed by atoms with van der Waals surface area (Å²) in [7, 11) is 0. The number of hydrogen-bond donors (Lipinski definition) is 1. The van der Waals surface area contributed by atoms with Gasteiger partial charge in [0.05, 0.1) is 0 Å². The fourth-order valence-corrected chi connectivity index (χ4v) is 3.45. The molecule has 2 rings (SSSR count). The highest BCUT2D eigenvalue weighted by atomic mass is 32.1. The minimum atomic E-state index is -0.431. The van der Waals surface area contributed by atoms with Crippen molar-refractivity contribution in [3.63, 3.8) is 0 Å². The summed E-state index contributed by atoms with van der Waals surface area (Å²) in [5, 5.41) is 5.02. The summed E-state index contributed by atoms with van der Waals surface area (Å²) in [6, 6.07) is 4.77. The topological polar surface area (TPSA) is 41.6 Å². The van der Waals surface area contributed by atoms with Crippen LogP contribution < -0.4 is 5.32 Å². The smallest absolute Gasteiger partial charge is 0.407 e. The lowest BCUT2D eigenvalue weighted by atomic mass is 10.1. The van der Waals surface area contributed by atoms with Crippen molar-refractivity contribution in [2.75, 3.05) is 19.6 Å². The van der Waals surface area contributed by atoms with Crippen molar-refractivity contribution in [3.8, 4) is 0 Å². The second-order valence-electron chi connectivity index (χ2n) is 6.72. The zero-order chi connectivity index (χ0) is 15.5. The minimum Gasteiger partial charge on any atom is -0.444 e. The van der Waals surface area contributed by atoms with Crippen LogP contribution in [-0.4, -0.2) is 36.2 Å². The number of alkyl carbamates (subject to hydrolysis) is 1. The van der Waals surface area contributed by atoms with E-state index in [-0.39, 0.29) is 6.09 Å². The molecule has 0 unspecified atom stereocenters. The van der Waals surface area contributed by atoms with Crippen molar-refractivity contribution in [2.45, 2.75) is 45.8 Å². The molecule has 0 bridgehead atoms. The second kappa shape index (κ2) is 6.79. The standard InChI is InChI=1S/C16H26N2O2S/c1-12(14-6-5-9-21-14)18-8-7-13(11-18)10-17-15(19)20-16(2,3)4/h5-6,9,12-13H,7-8,10-11H2,1-4H3,(H,17,19)/t12-,13-/m1/s1. The van der Waals surface area contributed by atoms with Crippen LogP contribution in [0, 0.1) is 5.92 Å². The van der Waals surface area contributed by atoms with Crippen molar-refractivity contribution in [3.05, 3.63) is 22.4 Å². The zero-order valence-corrected chi connectivity index (χ0v) is 14.2. The van der Waals surface area contributed by atoms with Gasteiger partial charge in [-0.15, -0.1) is 11.3 Å². The third kappa shape index (κ3) is 5.00. The molecule has 1 saturated heterocycles. The number of ether oxygens (including phenoxy) is 1. The normalized spacial score (nSPS) is 21.2. The van der Waals surface area contributed by atoms with E-state index in [1.807, 2.05) is 32.1 Å². The van der Waals surface area contributed by atoms with E-state index in [1.54, 1.807) is 0 Å². The van der Waals surface area contributed by atoms with Gasteiger partial charge in [0.15, 0.2) is 0 Å². The molecule has 21 heavy (non-hydrogen) atoms. The molecule has 0 spiro atoms. The lowest BCUT2D eigenvalue weighted by molar-refractivity contribution is 0.0519. The summed E-state index contributed by atoms with van der Waals surface area (Å²) in [4.78, 5) is 15.6. The molecule has 1 aliphatic heterocycles. The van der Waals surface area contributed by atoms with E-state index >= 15 is 0 Å². The van der Waals surface area contributed by atoms with E-state index in [2.05, 4.69) is 34.7 Å². The summed E-state index contributed by atoms with van der Waals surface area (Å²) in [6.07, 6.45) is 0.818. The predicted molar refractivity (Wildman–Crippen MR) is 86.7 cm³/mol. The Hall–Kier alpha value is -1.07. The quantitative estimate of drug-likeness (QED) is 0.923. The molecular weight excluding hydrogens is 284 g/mol. The maximum Gasteiger partial charge on any atom is 0.407 e. The van der Waals surface area contributed by atoms with Crippen LogP contribution in [0.25, 0.3) is 0 Å². The number of carbonyl (C=O) groups excluding carboxylic acids is 1.